The number of nitriles is 1. The predicted octanol–water partition coefficient (Wildman–Crippen LogP) is 4.41. The van der Waals surface area contributed by atoms with Crippen LogP contribution in [0.25, 0.3) is 11.1 Å². The normalized spacial score (nSPS) is 17.9. The lowest BCUT2D eigenvalue weighted by Gasteiger charge is -2.36. The summed E-state index contributed by atoms with van der Waals surface area (Å²) in [5.41, 5.74) is 3.20. The van der Waals surface area contributed by atoms with E-state index in [2.05, 4.69) is 36.6 Å². The molecule has 230 valence electrons. The van der Waals surface area contributed by atoms with Crippen molar-refractivity contribution >= 4 is 23.5 Å². The number of aromatic nitrogens is 5. The first-order chi connectivity index (χ1) is 22.1. The third-order valence-corrected chi connectivity index (χ3v) is 8.16. The van der Waals surface area contributed by atoms with Crippen LogP contribution in [0.5, 0.6) is 6.01 Å². The molecule has 2 aliphatic rings. The molecule has 1 saturated heterocycles. The van der Waals surface area contributed by atoms with Crippen LogP contribution in [0.1, 0.15) is 43.2 Å². The molecule has 1 saturated carbocycles. The number of aryl methyl sites for hydroxylation is 1. The fourth-order valence-corrected chi connectivity index (χ4v) is 5.62. The Morgan fingerprint density at radius 2 is 1.69 bits per heavy atom. The molecule has 2 fully saturated rings. The average Bonchev–Trinajstić information content (AvgIpc) is 3.07. The molecule has 1 aliphatic heterocycles. The van der Waals surface area contributed by atoms with Crippen LogP contribution in [0.15, 0.2) is 67.3 Å². The van der Waals surface area contributed by atoms with Gasteiger partial charge in [0.1, 0.15) is 23.3 Å². The molecule has 1 amide bonds. The first-order valence-corrected chi connectivity index (χ1v) is 15.2. The van der Waals surface area contributed by atoms with Crippen molar-refractivity contribution in [3.8, 4) is 23.2 Å². The largest absolute Gasteiger partial charge is 0.467 e. The summed E-state index contributed by atoms with van der Waals surface area (Å²) in [6.45, 7) is 1.19. The molecule has 2 N–H and O–H groups in total. The Bertz CT molecular complexity index is 1620. The quantitative estimate of drug-likeness (QED) is 0.250. The van der Waals surface area contributed by atoms with Gasteiger partial charge in [0.25, 0.3) is 0 Å². The molecule has 4 heterocycles. The van der Waals surface area contributed by atoms with Gasteiger partial charge < -0.3 is 20.1 Å². The Kier molecular flexibility index (Phi) is 9.36. The Balaban J connectivity index is 1.15. The van der Waals surface area contributed by atoms with Crippen LogP contribution in [-0.4, -0.2) is 69.3 Å². The van der Waals surface area contributed by atoms with Crippen LogP contribution < -0.4 is 20.3 Å². The minimum atomic E-state index is 0.00622. The highest BCUT2D eigenvalue weighted by Gasteiger charge is 2.31. The highest BCUT2D eigenvalue weighted by atomic mass is 16.5. The van der Waals surface area contributed by atoms with Gasteiger partial charge in [-0.2, -0.15) is 10.2 Å². The first kappa shape index (κ1) is 29.9. The van der Waals surface area contributed by atoms with E-state index in [9.17, 15) is 10.1 Å². The van der Waals surface area contributed by atoms with Gasteiger partial charge in [-0.1, -0.05) is 30.3 Å². The standard InChI is InChI=1S/C33H35N9O3/c1-44-33-37-18-25(19-38-33)23-8-13-29(35-16-23)42(30(43)14-7-22-5-3-2-4-6-22)28-11-9-26(10-12-28)40-32-36-17-24(15-34)31(41-32)39-27-20-45-21-27/h2-6,8,13,16-19,26-28H,7,9-12,14,20-21H2,1H3,(H2,36,39,40,41)/t26-,28-. The van der Waals surface area contributed by atoms with Crippen molar-refractivity contribution in [1.29, 1.82) is 5.26 Å². The van der Waals surface area contributed by atoms with Crippen molar-refractivity contribution in [2.75, 3.05) is 35.9 Å². The molecule has 1 aromatic carbocycles. The maximum Gasteiger partial charge on any atom is 0.316 e. The molecule has 6 rings (SSSR count). The molecule has 12 heteroatoms. The number of rotatable bonds is 11. The van der Waals surface area contributed by atoms with E-state index in [1.165, 1.54) is 7.11 Å². The van der Waals surface area contributed by atoms with Crippen molar-refractivity contribution in [3.05, 3.63) is 78.4 Å². The van der Waals surface area contributed by atoms with E-state index < -0.39 is 0 Å². The zero-order valence-corrected chi connectivity index (χ0v) is 25.1. The zero-order valence-electron chi connectivity index (χ0n) is 25.1. The van der Waals surface area contributed by atoms with Gasteiger partial charge in [0, 0.05) is 48.2 Å². The fourth-order valence-electron chi connectivity index (χ4n) is 5.62. The number of nitrogens with zero attached hydrogens (tertiary/aromatic N) is 7. The Morgan fingerprint density at radius 1 is 0.933 bits per heavy atom. The molecule has 0 atom stereocenters. The molecule has 0 spiro atoms. The summed E-state index contributed by atoms with van der Waals surface area (Å²) in [7, 11) is 1.53. The van der Waals surface area contributed by atoms with E-state index in [-0.39, 0.29) is 24.0 Å². The number of hydrogen-bond acceptors (Lipinski definition) is 11. The van der Waals surface area contributed by atoms with E-state index >= 15 is 0 Å². The summed E-state index contributed by atoms with van der Waals surface area (Å²) in [5, 5.41) is 16.2. The van der Waals surface area contributed by atoms with Crippen LogP contribution in [0, 0.1) is 11.3 Å². The highest BCUT2D eigenvalue weighted by Crippen LogP contribution is 2.30. The number of methoxy groups -OCH3 is 1. The molecular weight excluding hydrogens is 570 g/mol. The fraction of sp³-hybridized carbons (Fsp3) is 0.364. The SMILES string of the molecule is COc1ncc(-c2ccc(N(C(=O)CCc3ccccc3)[C@H]3CC[C@H](Nc4ncc(C#N)c(NC5COC5)n4)CC3)nc2)cn1. The van der Waals surface area contributed by atoms with Gasteiger partial charge in [0.2, 0.25) is 11.9 Å². The third kappa shape index (κ3) is 7.33. The molecule has 4 aromatic rings. The number of carbonyl (C=O) groups is 1. The van der Waals surface area contributed by atoms with Gasteiger partial charge >= 0.3 is 6.01 Å². The number of anilines is 3. The summed E-state index contributed by atoms with van der Waals surface area (Å²) in [4.78, 5) is 37.8. The smallest absolute Gasteiger partial charge is 0.316 e. The Labute approximate surface area is 261 Å². The number of carbonyl (C=O) groups excluding carboxylic acids is 1. The summed E-state index contributed by atoms with van der Waals surface area (Å²) >= 11 is 0. The minimum Gasteiger partial charge on any atom is -0.467 e. The van der Waals surface area contributed by atoms with Gasteiger partial charge in [-0.25, -0.2) is 19.9 Å². The summed E-state index contributed by atoms with van der Waals surface area (Å²) in [6.07, 6.45) is 11.0. The minimum absolute atomic E-state index is 0.00622. The molecule has 45 heavy (non-hydrogen) atoms. The van der Waals surface area contributed by atoms with Crippen LogP contribution in [-0.2, 0) is 16.0 Å². The maximum absolute atomic E-state index is 13.8. The van der Waals surface area contributed by atoms with Gasteiger partial charge in [-0.3, -0.25) is 9.69 Å². The number of pyridine rings is 1. The van der Waals surface area contributed by atoms with Gasteiger partial charge in [-0.05, 0) is 49.8 Å². The van der Waals surface area contributed by atoms with Crippen molar-refractivity contribution in [2.24, 2.45) is 0 Å². The van der Waals surface area contributed by atoms with Crippen molar-refractivity contribution in [2.45, 2.75) is 56.7 Å². The second-order valence-electron chi connectivity index (χ2n) is 11.2. The molecule has 3 aromatic heterocycles. The lowest BCUT2D eigenvalue weighted by molar-refractivity contribution is -0.119. The topological polar surface area (TPSA) is 151 Å². The van der Waals surface area contributed by atoms with E-state index in [0.29, 0.717) is 55.2 Å². The summed E-state index contributed by atoms with van der Waals surface area (Å²) in [5.74, 6) is 1.68. The van der Waals surface area contributed by atoms with E-state index in [0.717, 1.165) is 42.4 Å². The number of benzene rings is 1. The van der Waals surface area contributed by atoms with Crippen LogP contribution >= 0.6 is 0 Å². The van der Waals surface area contributed by atoms with Crippen molar-refractivity contribution < 1.29 is 14.3 Å². The van der Waals surface area contributed by atoms with Crippen molar-refractivity contribution in [1.82, 2.24) is 24.9 Å². The van der Waals surface area contributed by atoms with Crippen LogP contribution in [0.2, 0.25) is 0 Å². The second-order valence-corrected chi connectivity index (χ2v) is 11.2. The second kappa shape index (κ2) is 14.1. The average molecular weight is 606 g/mol. The third-order valence-electron chi connectivity index (χ3n) is 8.16. The summed E-state index contributed by atoms with van der Waals surface area (Å²) < 4.78 is 10.3. The molecule has 12 nitrogen and oxygen atoms in total. The molecule has 0 bridgehead atoms. The van der Waals surface area contributed by atoms with E-state index in [1.54, 1.807) is 24.8 Å². The number of nitrogens with one attached hydrogen (secondary N) is 2. The van der Waals surface area contributed by atoms with Gasteiger partial charge in [0.15, 0.2) is 0 Å². The number of amides is 1. The molecule has 0 radical (unpaired) electrons. The molecule has 1 aliphatic carbocycles. The molecular formula is C33H35N9O3. The number of hydrogen-bond donors (Lipinski definition) is 2. The maximum atomic E-state index is 13.8. The van der Waals surface area contributed by atoms with E-state index in [1.807, 2.05) is 47.4 Å². The van der Waals surface area contributed by atoms with Gasteiger partial charge in [-0.15, -0.1) is 0 Å². The summed E-state index contributed by atoms with van der Waals surface area (Å²) in [6, 6.07) is 16.6. The predicted molar refractivity (Wildman–Crippen MR) is 169 cm³/mol. The first-order valence-electron chi connectivity index (χ1n) is 15.2. The van der Waals surface area contributed by atoms with Crippen LogP contribution in [0.3, 0.4) is 0 Å². The van der Waals surface area contributed by atoms with Gasteiger partial charge in [0.05, 0.1) is 32.6 Å². The van der Waals surface area contributed by atoms with E-state index in [4.69, 9.17) is 14.5 Å². The number of ether oxygens (including phenoxy) is 2. The van der Waals surface area contributed by atoms with Crippen molar-refractivity contribution in [3.63, 3.8) is 0 Å². The molecule has 0 unspecified atom stereocenters. The highest BCUT2D eigenvalue weighted by molar-refractivity contribution is 5.93. The lowest BCUT2D eigenvalue weighted by Crippen LogP contribution is -2.45. The zero-order chi connectivity index (χ0) is 31.0. The Hall–Kier alpha value is -5.15. The Morgan fingerprint density at radius 3 is 2.33 bits per heavy atom. The lowest BCUT2D eigenvalue weighted by atomic mass is 9.89. The monoisotopic (exact) mass is 605 g/mol. The van der Waals surface area contributed by atoms with Crippen LogP contribution in [0.4, 0.5) is 17.6 Å².